The standard InChI is InChI=1S/C25H34N4O2/c1-17-7-8-18(2)22(14-17)27-10-12-28(13-11-27)24(30)21-6-5-9-29(16-21)25(31)23-19(3)15-20(4)26-23/h7-8,14-15,21,26H,5-6,9-13,16H2,1-4H3/t21-/m0/s1. The van der Waals surface area contributed by atoms with E-state index in [1.807, 2.05) is 29.7 Å². The number of hydrogen-bond donors (Lipinski definition) is 1. The van der Waals surface area contributed by atoms with Crippen molar-refractivity contribution >= 4 is 17.5 Å². The third kappa shape index (κ3) is 4.48. The van der Waals surface area contributed by atoms with Gasteiger partial charge >= 0.3 is 0 Å². The van der Waals surface area contributed by atoms with Crippen molar-refractivity contribution in [2.24, 2.45) is 5.92 Å². The zero-order valence-corrected chi connectivity index (χ0v) is 19.2. The zero-order valence-electron chi connectivity index (χ0n) is 19.2. The molecule has 4 rings (SSSR count). The minimum atomic E-state index is -0.0960. The molecule has 0 bridgehead atoms. The molecule has 2 aliphatic heterocycles. The Balaban J connectivity index is 1.37. The first kappa shape index (κ1) is 21.5. The van der Waals surface area contributed by atoms with Crippen molar-refractivity contribution in [3.8, 4) is 0 Å². The Morgan fingerprint density at radius 1 is 0.903 bits per heavy atom. The van der Waals surface area contributed by atoms with Crippen LogP contribution >= 0.6 is 0 Å². The number of nitrogens with zero attached hydrogens (tertiary/aromatic N) is 3. The van der Waals surface area contributed by atoms with Gasteiger partial charge in [-0.25, -0.2) is 0 Å². The topological polar surface area (TPSA) is 59.6 Å². The van der Waals surface area contributed by atoms with Gasteiger partial charge in [-0.1, -0.05) is 12.1 Å². The van der Waals surface area contributed by atoms with Gasteiger partial charge in [-0.05, 0) is 69.4 Å². The summed E-state index contributed by atoms with van der Waals surface area (Å²) in [4.78, 5) is 35.7. The number of aromatic nitrogens is 1. The molecule has 6 heteroatoms. The number of amides is 2. The molecule has 0 spiro atoms. The van der Waals surface area contributed by atoms with Crippen molar-refractivity contribution in [2.45, 2.75) is 40.5 Å². The molecule has 1 N–H and O–H groups in total. The maximum atomic E-state index is 13.3. The van der Waals surface area contributed by atoms with Crippen LogP contribution in [0.1, 0.15) is 45.7 Å². The molecule has 3 heterocycles. The van der Waals surface area contributed by atoms with Gasteiger partial charge in [0.2, 0.25) is 5.91 Å². The second-order valence-electron chi connectivity index (χ2n) is 9.20. The molecule has 2 aliphatic rings. The van der Waals surface area contributed by atoms with Crippen LogP contribution in [0.3, 0.4) is 0 Å². The average Bonchev–Trinajstić information content (AvgIpc) is 3.12. The molecule has 0 aliphatic carbocycles. The molecule has 2 amide bonds. The lowest BCUT2D eigenvalue weighted by Gasteiger charge is -2.40. The van der Waals surface area contributed by atoms with Crippen LogP contribution in [0.5, 0.6) is 0 Å². The summed E-state index contributed by atoms with van der Waals surface area (Å²) in [6.07, 6.45) is 1.74. The highest BCUT2D eigenvalue weighted by Crippen LogP contribution is 2.25. The molecule has 2 saturated heterocycles. The Bertz CT molecular complexity index is 972. The van der Waals surface area contributed by atoms with Crippen LogP contribution in [-0.4, -0.2) is 65.9 Å². The second-order valence-corrected chi connectivity index (χ2v) is 9.20. The molecule has 0 saturated carbocycles. The second kappa shape index (κ2) is 8.77. The predicted octanol–water partition coefficient (Wildman–Crippen LogP) is 3.45. The Kier molecular flexibility index (Phi) is 6.08. The van der Waals surface area contributed by atoms with Crippen LogP contribution in [0.4, 0.5) is 5.69 Å². The van der Waals surface area contributed by atoms with E-state index in [9.17, 15) is 9.59 Å². The monoisotopic (exact) mass is 422 g/mol. The van der Waals surface area contributed by atoms with Gasteiger partial charge in [0.1, 0.15) is 5.69 Å². The van der Waals surface area contributed by atoms with E-state index in [2.05, 4.69) is 41.9 Å². The molecule has 1 aromatic carbocycles. The number of H-pyrrole nitrogens is 1. The molecule has 166 valence electrons. The van der Waals surface area contributed by atoms with Crippen LogP contribution in [0.15, 0.2) is 24.3 Å². The van der Waals surface area contributed by atoms with Crippen molar-refractivity contribution in [1.82, 2.24) is 14.8 Å². The minimum Gasteiger partial charge on any atom is -0.368 e. The van der Waals surface area contributed by atoms with E-state index in [0.717, 1.165) is 56.8 Å². The number of piperazine rings is 1. The van der Waals surface area contributed by atoms with Crippen molar-refractivity contribution in [3.05, 3.63) is 52.3 Å². The Hall–Kier alpha value is -2.76. The van der Waals surface area contributed by atoms with Gasteiger partial charge in [-0.3, -0.25) is 9.59 Å². The molecule has 2 aromatic rings. The fraction of sp³-hybridized carbons (Fsp3) is 0.520. The highest BCUT2D eigenvalue weighted by molar-refractivity contribution is 5.94. The number of benzene rings is 1. The SMILES string of the molecule is Cc1ccc(C)c(N2CCN(C(=O)[C@H]3CCCN(C(=O)c4[nH]c(C)cc4C)C3)CC2)c1. The minimum absolute atomic E-state index is 0.0165. The summed E-state index contributed by atoms with van der Waals surface area (Å²) in [6, 6.07) is 8.55. The van der Waals surface area contributed by atoms with E-state index in [1.54, 1.807) is 0 Å². The van der Waals surface area contributed by atoms with Crippen molar-refractivity contribution in [3.63, 3.8) is 0 Å². The summed E-state index contributed by atoms with van der Waals surface area (Å²) in [5.74, 6) is 0.127. The Labute approximate surface area is 185 Å². The molecule has 0 unspecified atom stereocenters. The highest BCUT2D eigenvalue weighted by atomic mass is 16.2. The lowest BCUT2D eigenvalue weighted by Crippen LogP contribution is -2.53. The van der Waals surface area contributed by atoms with E-state index in [0.29, 0.717) is 12.2 Å². The van der Waals surface area contributed by atoms with Gasteiger partial charge < -0.3 is 19.7 Å². The van der Waals surface area contributed by atoms with E-state index in [4.69, 9.17) is 0 Å². The number of carbonyl (C=O) groups is 2. The number of likely N-dealkylation sites (tertiary alicyclic amines) is 1. The van der Waals surface area contributed by atoms with E-state index in [1.165, 1.54) is 16.8 Å². The summed E-state index contributed by atoms with van der Waals surface area (Å²) in [7, 11) is 0. The van der Waals surface area contributed by atoms with Gasteiger partial charge in [0.25, 0.3) is 5.91 Å². The number of rotatable bonds is 3. The van der Waals surface area contributed by atoms with E-state index >= 15 is 0 Å². The summed E-state index contributed by atoms with van der Waals surface area (Å²) < 4.78 is 0. The van der Waals surface area contributed by atoms with Crippen molar-refractivity contribution < 1.29 is 9.59 Å². The van der Waals surface area contributed by atoms with Gasteiger partial charge in [0.15, 0.2) is 0 Å². The van der Waals surface area contributed by atoms with Crippen LogP contribution in [-0.2, 0) is 4.79 Å². The van der Waals surface area contributed by atoms with E-state index in [-0.39, 0.29) is 17.7 Å². The molecule has 1 aromatic heterocycles. The first-order chi connectivity index (χ1) is 14.8. The number of piperidine rings is 1. The normalized spacial score (nSPS) is 19.6. The smallest absolute Gasteiger partial charge is 0.270 e. The summed E-state index contributed by atoms with van der Waals surface area (Å²) in [6.45, 7) is 12.6. The van der Waals surface area contributed by atoms with Crippen LogP contribution < -0.4 is 4.90 Å². The lowest BCUT2D eigenvalue weighted by atomic mass is 9.95. The largest absolute Gasteiger partial charge is 0.368 e. The third-order valence-electron chi connectivity index (χ3n) is 6.72. The van der Waals surface area contributed by atoms with Gasteiger partial charge in [0.05, 0.1) is 5.92 Å². The third-order valence-corrected chi connectivity index (χ3v) is 6.72. The molecule has 2 fully saturated rings. The zero-order chi connectivity index (χ0) is 22.1. The Morgan fingerprint density at radius 3 is 2.32 bits per heavy atom. The first-order valence-corrected chi connectivity index (χ1v) is 11.4. The fourth-order valence-corrected chi connectivity index (χ4v) is 4.96. The van der Waals surface area contributed by atoms with Crippen molar-refractivity contribution in [1.29, 1.82) is 0 Å². The molecular weight excluding hydrogens is 388 g/mol. The van der Waals surface area contributed by atoms with Crippen LogP contribution in [0.25, 0.3) is 0 Å². The number of hydrogen-bond acceptors (Lipinski definition) is 3. The van der Waals surface area contributed by atoms with Crippen molar-refractivity contribution in [2.75, 3.05) is 44.2 Å². The molecule has 1 atom stereocenters. The number of aromatic amines is 1. The van der Waals surface area contributed by atoms with Gasteiger partial charge in [0, 0.05) is 50.6 Å². The van der Waals surface area contributed by atoms with Crippen LogP contribution in [0.2, 0.25) is 0 Å². The predicted molar refractivity (Wildman–Crippen MR) is 124 cm³/mol. The van der Waals surface area contributed by atoms with E-state index < -0.39 is 0 Å². The molecule has 6 nitrogen and oxygen atoms in total. The first-order valence-electron chi connectivity index (χ1n) is 11.4. The average molecular weight is 423 g/mol. The molecule has 31 heavy (non-hydrogen) atoms. The summed E-state index contributed by atoms with van der Waals surface area (Å²) in [5.41, 5.74) is 6.44. The number of carbonyl (C=O) groups excluding carboxylic acids is 2. The maximum absolute atomic E-state index is 13.3. The van der Waals surface area contributed by atoms with Crippen LogP contribution in [0, 0.1) is 33.6 Å². The molecular formula is C25H34N4O2. The van der Waals surface area contributed by atoms with Gasteiger partial charge in [-0.2, -0.15) is 0 Å². The molecule has 0 radical (unpaired) electrons. The maximum Gasteiger partial charge on any atom is 0.270 e. The number of anilines is 1. The Morgan fingerprint density at radius 2 is 1.65 bits per heavy atom. The summed E-state index contributed by atoms with van der Waals surface area (Å²) in [5, 5.41) is 0. The summed E-state index contributed by atoms with van der Waals surface area (Å²) >= 11 is 0. The number of nitrogens with one attached hydrogen (secondary N) is 1. The van der Waals surface area contributed by atoms with Gasteiger partial charge in [-0.15, -0.1) is 0 Å². The highest BCUT2D eigenvalue weighted by Gasteiger charge is 2.33. The quantitative estimate of drug-likeness (QED) is 0.824. The number of aryl methyl sites for hydroxylation is 4. The fourth-order valence-electron chi connectivity index (χ4n) is 4.96. The lowest BCUT2D eigenvalue weighted by molar-refractivity contribution is -0.137.